The van der Waals surface area contributed by atoms with Gasteiger partial charge in [0.05, 0.1) is 35.7 Å². The van der Waals surface area contributed by atoms with Crippen LogP contribution in [0.15, 0.2) is 71.9 Å². The van der Waals surface area contributed by atoms with E-state index in [2.05, 4.69) is 11.6 Å². The van der Waals surface area contributed by atoms with Crippen LogP contribution >= 0.6 is 11.3 Å². The minimum atomic E-state index is -3.68. The lowest BCUT2D eigenvalue weighted by Gasteiger charge is -2.22. The van der Waals surface area contributed by atoms with Gasteiger partial charge in [-0.25, -0.2) is 13.4 Å². The van der Waals surface area contributed by atoms with E-state index in [4.69, 9.17) is 4.74 Å². The molecular formula is C22H25N3O4S2. The van der Waals surface area contributed by atoms with Crippen LogP contribution < -0.4 is 0 Å². The Hall–Kier alpha value is -2.75. The van der Waals surface area contributed by atoms with E-state index in [1.54, 1.807) is 53.0 Å². The van der Waals surface area contributed by atoms with Crippen LogP contribution in [0.25, 0.3) is 0 Å². The summed E-state index contributed by atoms with van der Waals surface area (Å²) in [6.07, 6.45) is 3.14. The predicted molar refractivity (Wildman–Crippen MR) is 121 cm³/mol. The second-order valence-corrected chi connectivity index (χ2v) is 9.70. The smallest absolute Gasteiger partial charge is 0.264 e. The molecule has 0 saturated carbocycles. The highest BCUT2D eigenvalue weighted by Gasteiger charge is 2.25. The number of benzene rings is 1. The van der Waals surface area contributed by atoms with E-state index in [0.717, 1.165) is 0 Å². The minimum Gasteiger partial charge on any atom is -0.383 e. The molecule has 31 heavy (non-hydrogen) atoms. The molecule has 0 fully saturated rings. The number of hydrogen-bond donors (Lipinski definition) is 0. The summed E-state index contributed by atoms with van der Waals surface area (Å²) in [7, 11) is -2.11. The summed E-state index contributed by atoms with van der Waals surface area (Å²) >= 11 is 1.36. The van der Waals surface area contributed by atoms with Gasteiger partial charge in [0, 0.05) is 20.2 Å². The number of allylic oxidation sites excluding steroid dienone is 1. The van der Waals surface area contributed by atoms with E-state index in [-0.39, 0.29) is 29.9 Å². The molecule has 0 aliphatic rings. The maximum absolute atomic E-state index is 13.1. The van der Waals surface area contributed by atoms with Gasteiger partial charge < -0.3 is 14.2 Å². The molecule has 9 heteroatoms. The molecule has 3 aromatic rings. The van der Waals surface area contributed by atoms with Gasteiger partial charge in [-0.3, -0.25) is 4.79 Å². The quantitative estimate of drug-likeness (QED) is 0.411. The SMILES string of the molecule is C=CCn1c(CN(CCOC)C(=O)c2cccs2)cnc1S(=O)(=O)Cc1ccccc1. The van der Waals surface area contributed by atoms with E-state index < -0.39 is 9.84 Å². The summed E-state index contributed by atoms with van der Waals surface area (Å²) in [5.41, 5.74) is 1.30. The number of carbonyl (C=O) groups is 1. The van der Waals surface area contributed by atoms with Crippen molar-refractivity contribution in [2.24, 2.45) is 0 Å². The number of methoxy groups -OCH3 is 1. The van der Waals surface area contributed by atoms with Gasteiger partial charge >= 0.3 is 0 Å². The Kier molecular flexibility index (Phi) is 7.78. The van der Waals surface area contributed by atoms with Gasteiger partial charge in [0.25, 0.3) is 5.91 Å². The molecule has 3 rings (SSSR count). The number of rotatable bonds is 11. The molecule has 0 aliphatic heterocycles. The lowest BCUT2D eigenvalue weighted by molar-refractivity contribution is 0.0680. The maximum Gasteiger partial charge on any atom is 0.264 e. The Bertz CT molecular complexity index is 1110. The van der Waals surface area contributed by atoms with Crippen molar-refractivity contribution in [2.45, 2.75) is 24.0 Å². The van der Waals surface area contributed by atoms with Crippen LogP contribution in [0.1, 0.15) is 20.9 Å². The highest BCUT2D eigenvalue weighted by molar-refractivity contribution is 7.90. The van der Waals surface area contributed by atoms with Gasteiger partial charge in [0.15, 0.2) is 0 Å². The van der Waals surface area contributed by atoms with E-state index in [9.17, 15) is 13.2 Å². The lowest BCUT2D eigenvalue weighted by atomic mass is 10.2. The summed E-state index contributed by atoms with van der Waals surface area (Å²) in [4.78, 5) is 19.4. The zero-order chi connectivity index (χ0) is 22.3. The van der Waals surface area contributed by atoms with Crippen LogP contribution in [0.2, 0.25) is 0 Å². The van der Waals surface area contributed by atoms with E-state index in [1.807, 2.05) is 17.5 Å². The second kappa shape index (κ2) is 10.5. The molecular weight excluding hydrogens is 434 g/mol. The first-order valence-corrected chi connectivity index (χ1v) is 12.2. The first kappa shape index (κ1) is 22.9. The van der Waals surface area contributed by atoms with Crippen molar-refractivity contribution in [3.8, 4) is 0 Å². The summed E-state index contributed by atoms with van der Waals surface area (Å²) in [5.74, 6) is -0.282. The standard InChI is InChI=1S/C22H25N3O4S2/c1-3-11-25-19(16-24(12-13-29-2)21(26)20-10-7-14-30-20)15-23-22(25)31(27,28)17-18-8-5-4-6-9-18/h3-10,14-15H,1,11-13,16-17H2,2H3. The minimum absolute atomic E-state index is 0.0264. The molecule has 2 aromatic heterocycles. The Morgan fingerprint density at radius 2 is 2.03 bits per heavy atom. The number of hydrogen-bond acceptors (Lipinski definition) is 6. The maximum atomic E-state index is 13.1. The molecule has 0 spiro atoms. The average molecular weight is 460 g/mol. The molecule has 0 radical (unpaired) electrons. The fraction of sp³-hybridized carbons (Fsp3) is 0.273. The monoisotopic (exact) mass is 459 g/mol. The van der Waals surface area contributed by atoms with Crippen LogP contribution in [-0.4, -0.2) is 49.0 Å². The fourth-order valence-corrected chi connectivity index (χ4v) is 5.35. The number of carbonyl (C=O) groups excluding carboxylic acids is 1. The number of amides is 1. The van der Waals surface area contributed by atoms with E-state index in [0.29, 0.717) is 29.3 Å². The average Bonchev–Trinajstić information content (AvgIpc) is 3.42. The van der Waals surface area contributed by atoms with Crippen molar-refractivity contribution in [1.29, 1.82) is 0 Å². The van der Waals surface area contributed by atoms with Crippen molar-refractivity contribution in [3.63, 3.8) is 0 Å². The highest BCUT2D eigenvalue weighted by Crippen LogP contribution is 2.20. The first-order chi connectivity index (χ1) is 15.0. The molecule has 0 atom stereocenters. The number of aromatic nitrogens is 2. The Morgan fingerprint density at radius 3 is 2.68 bits per heavy atom. The molecule has 7 nitrogen and oxygen atoms in total. The molecule has 1 aromatic carbocycles. The third-order valence-corrected chi connectivity index (χ3v) is 7.08. The summed E-state index contributed by atoms with van der Waals surface area (Å²) in [6.45, 7) is 4.96. The molecule has 0 unspecified atom stereocenters. The number of sulfone groups is 1. The van der Waals surface area contributed by atoms with Gasteiger partial charge in [0.1, 0.15) is 0 Å². The third kappa shape index (κ3) is 5.69. The van der Waals surface area contributed by atoms with Gasteiger partial charge in [0.2, 0.25) is 15.0 Å². The predicted octanol–water partition coefficient (Wildman–Crippen LogP) is 3.39. The van der Waals surface area contributed by atoms with Crippen molar-refractivity contribution in [1.82, 2.24) is 14.5 Å². The van der Waals surface area contributed by atoms with Crippen LogP contribution in [0, 0.1) is 0 Å². The van der Waals surface area contributed by atoms with Crippen molar-refractivity contribution >= 4 is 27.1 Å². The number of nitrogens with zero attached hydrogens (tertiary/aromatic N) is 3. The Balaban J connectivity index is 1.90. The molecule has 0 aliphatic carbocycles. The van der Waals surface area contributed by atoms with Gasteiger partial charge in [-0.2, -0.15) is 0 Å². The molecule has 0 bridgehead atoms. The largest absolute Gasteiger partial charge is 0.383 e. The first-order valence-electron chi connectivity index (χ1n) is 9.70. The normalized spacial score (nSPS) is 11.4. The third-order valence-electron chi connectivity index (χ3n) is 4.63. The fourth-order valence-electron chi connectivity index (χ4n) is 3.15. The molecule has 0 saturated heterocycles. The van der Waals surface area contributed by atoms with Gasteiger partial charge in [-0.15, -0.1) is 17.9 Å². The number of imidazole rings is 1. The van der Waals surface area contributed by atoms with E-state index >= 15 is 0 Å². The summed E-state index contributed by atoms with van der Waals surface area (Å²) in [6, 6.07) is 12.6. The second-order valence-electron chi connectivity index (χ2n) is 6.87. The van der Waals surface area contributed by atoms with Crippen LogP contribution in [0.5, 0.6) is 0 Å². The van der Waals surface area contributed by atoms with Crippen molar-refractivity contribution in [3.05, 3.63) is 82.8 Å². The van der Waals surface area contributed by atoms with Gasteiger partial charge in [-0.1, -0.05) is 42.5 Å². The van der Waals surface area contributed by atoms with E-state index in [1.165, 1.54) is 17.5 Å². The van der Waals surface area contributed by atoms with Crippen molar-refractivity contribution < 1.29 is 17.9 Å². The number of ether oxygens (including phenoxy) is 1. The summed E-state index contributed by atoms with van der Waals surface area (Å²) < 4.78 is 32.9. The topological polar surface area (TPSA) is 81.5 Å². The zero-order valence-corrected chi connectivity index (χ0v) is 18.9. The Labute approximate surface area is 186 Å². The van der Waals surface area contributed by atoms with Crippen LogP contribution in [-0.2, 0) is 33.4 Å². The lowest BCUT2D eigenvalue weighted by Crippen LogP contribution is -2.34. The van der Waals surface area contributed by atoms with Crippen LogP contribution in [0.4, 0.5) is 0 Å². The highest BCUT2D eigenvalue weighted by atomic mass is 32.2. The molecule has 2 heterocycles. The van der Waals surface area contributed by atoms with Crippen LogP contribution in [0.3, 0.4) is 0 Å². The zero-order valence-electron chi connectivity index (χ0n) is 17.3. The van der Waals surface area contributed by atoms with Crippen molar-refractivity contribution in [2.75, 3.05) is 20.3 Å². The molecule has 164 valence electrons. The number of thiophene rings is 1. The summed E-state index contributed by atoms with van der Waals surface area (Å²) in [5, 5.41) is 1.82. The Morgan fingerprint density at radius 1 is 1.26 bits per heavy atom. The molecule has 0 N–H and O–H groups in total. The van der Waals surface area contributed by atoms with Gasteiger partial charge in [-0.05, 0) is 17.0 Å². The molecule has 1 amide bonds.